The number of halogens is 4. The molecule has 1 aliphatic heterocycles. The molecule has 0 amide bonds. The van der Waals surface area contributed by atoms with E-state index >= 15 is 0 Å². The van der Waals surface area contributed by atoms with Gasteiger partial charge in [-0.15, -0.1) is 0 Å². The number of hydrogen-bond donors (Lipinski definition) is 1. The molecule has 1 aliphatic rings. The molecular weight excluding hydrogens is 350 g/mol. The predicted molar refractivity (Wildman–Crippen MR) is 75.9 cm³/mol. The lowest BCUT2D eigenvalue weighted by Crippen LogP contribution is -2.42. The first kappa shape index (κ1) is 18.6. The Labute approximate surface area is 139 Å². The highest BCUT2D eigenvalue weighted by molar-refractivity contribution is 6.15. The highest BCUT2D eigenvalue weighted by atomic mass is 19.4. The Kier molecular flexibility index (Phi) is 4.65. The Hall–Kier alpha value is -2.78. The van der Waals surface area contributed by atoms with Crippen molar-refractivity contribution < 1.29 is 41.4 Å². The first-order valence-corrected chi connectivity index (χ1v) is 6.83. The van der Waals surface area contributed by atoms with Crippen LogP contribution in [0.15, 0.2) is 23.9 Å². The van der Waals surface area contributed by atoms with Crippen molar-refractivity contribution in [2.75, 3.05) is 12.4 Å². The van der Waals surface area contributed by atoms with E-state index in [0.29, 0.717) is 6.07 Å². The lowest BCUT2D eigenvalue weighted by atomic mass is 10.1. The van der Waals surface area contributed by atoms with Gasteiger partial charge < -0.3 is 19.5 Å². The third-order valence-electron chi connectivity index (χ3n) is 3.05. The zero-order valence-electron chi connectivity index (χ0n) is 13.3. The number of ether oxygens (including phenoxy) is 3. The van der Waals surface area contributed by atoms with Gasteiger partial charge in [0.15, 0.2) is 11.3 Å². The van der Waals surface area contributed by atoms with Gasteiger partial charge in [0, 0.05) is 26.1 Å². The molecule has 1 N–H and O–H groups in total. The topological polar surface area (TPSA) is 73.9 Å². The molecule has 1 aromatic rings. The lowest BCUT2D eigenvalue weighted by Gasteiger charge is -2.29. The monoisotopic (exact) mass is 363 g/mol. The van der Waals surface area contributed by atoms with Crippen molar-refractivity contribution in [1.82, 2.24) is 0 Å². The van der Waals surface area contributed by atoms with Crippen LogP contribution in [-0.4, -0.2) is 24.8 Å². The number of anilines is 1. The average Bonchev–Trinajstić information content (AvgIpc) is 2.43. The third kappa shape index (κ3) is 4.01. The zero-order chi connectivity index (χ0) is 19.0. The largest absolute Gasteiger partial charge is 0.494 e. The van der Waals surface area contributed by atoms with E-state index in [9.17, 15) is 27.2 Å². The average molecular weight is 363 g/mol. The number of alkyl halides is 3. The Balaban J connectivity index is 2.39. The SMILES string of the molecule is COc1c(NC=C2C(=O)OC(C)(C)OC2=O)cc(F)cc1C(F)(F)F. The van der Waals surface area contributed by atoms with E-state index in [0.717, 1.165) is 13.3 Å². The zero-order valence-corrected chi connectivity index (χ0v) is 13.3. The molecule has 0 spiro atoms. The van der Waals surface area contributed by atoms with E-state index < -0.39 is 52.3 Å². The van der Waals surface area contributed by atoms with Crippen LogP contribution < -0.4 is 10.1 Å². The standard InChI is InChI=1S/C15H13F4NO5/c1-14(2)24-12(21)8(13(22)25-14)6-20-10-5-7(16)4-9(11(10)23-3)15(17,18)19/h4-6,20H,1-3H3. The van der Waals surface area contributed by atoms with Gasteiger partial charge in [0.25, 0.3) is 5.79 Å². The summed E-state index contributed by atoms with van der Waals surface area (Å²) in [7, 11) is 0.965. The second kappa shape index (κ2) is 6.26. The Morgan fingerprint density at radius 3 is 2.20 bits per heavy atom. The summed E-state index contributed by atoms with van der Waals surface area (Å²) in [6, 6.07) is 0.984. The molecule has 1 fully saturated rings. The van der Waals surface area contributed by atoms with Crippen molar-refractivity contribution in [2.24, 2.45) is 0 Å². The molecule has 1 aromatic carbocycles. The van der Waals surface area contributed by atoms with Gasteiger partial charge in [-0.05, 0) is 6.07 Å². The number of carbonyl (C=O) groups is 2. The highest BCUT2D eigenvalue weighted by Gasteiger charge is 2.39. The minimum absolute atomic E-state index is 0.267. The van der Waals surface area contributed by atoms with E-state index in [2.05, 4.69) is 10.1 Å². The van der Waals surface area contributed by atoms with Crippen molar-refractivity contribution in [2.45, 2.75) is 25.8 Å². The minimum atomic E-state index is -4.87. The number of nitrogens with one attached hydrogen (secondary N) is 1. The molecule has 0 bridgehead atoms. The lowest BCUT2D eigenvalue weighted by molar-refractivity contribution is -0.222. The summed E-state index contributed by atoms with van der Waals surface area (Å²) in [4.78, 5) is 23.5. The molecule has 1 saturated heterocycles. The minimum Gasteiger partial charge on any atom is -0.494 e. The number of methoxy groups -OCH3 is 1. The molecule has 0 saturated carbocycles. The molecule has 2 rings (SSSR count). The second-order valence-corrected chi connectivity index (χ2v) is 5.41. The first-order chi connectivity index (χ1) is 11.4. The molecule has 25 heavy (non-hydrogen) atoms. The molecular formula is C15H13F4NO5. The van der Waals surface area contributed by atoms with Crippen LogP contribution in [0.25, 0.3) is 0 Å². The van der Waals surface area contributed by atoms with Crippen LogP contribution in [-0.2, 0) is 25.2 Å². The fourth-order valence-corrected chi connectivity index (χ4v) is 2.06. The van der Waals surface area contributed by atoms with Crippen LogP contribution in [0.2, 0.25) is 0 Å². The van der Waals surface area contributed by atoms with Crippen molar-refractivity contribution >= 4 is 17.6 Å². The van der Waals surface area contributed by atoms with E-state index in [4.69, 9.17) is 9.47 Å². The van der Waals surface area contributed by atoms with E-state index in [1.165, 1.54) is 13.8 Å². The van der Waals surface area contributed by atoms with Crippen molar-refractivity contribution in [3.8, 4) is 5.75 Å². The van der Waals surface area contributed by atoms with E-state index in [1.807, 2.05) is 0 Å². The molecule has 1 heterocycles. The van der Waals surface area contributed by atoms with Gasteiger partial charge in [-0.25, -0.2) is 14.0 Å². The van der Waals surface area contributed by atoms with E-state index in [1.54, 1.807) is 0 Å². The summed E-state index contributed by atoms with van der Waals surface area (Å²) in [5.41, 5.74) is -2.39. The van der Waals surface area contributed by atoms with Crippen molar-refractivity contribution in [1.29, 1.82) is 0 Å². The molecule has 136 valence electrons. The number of benzene rings is 1. The Bertz CT molecular complexity index is 733. The van der Waals surface area contributed by atoms with Gasteiger partial charge >= 0.3 is 18.1 Å². The molecule has 0 aromatic heterocycles. The summed E-state index contributed by atoms with van der Waals surface area (Å²) in [5, 5.41) is 2.25. The van der Waals surface area contributed by atoms with Gasteiger partial charge in [0.05, 0.1) is 12.8 Å². The maximum Gasteiger partial charge on any atom is 0.420 e. The predicted octanol–water partition coefficient (Wildman–Crippen LogP) is 2.99. The summed E-state index contributed by atoms with van der Waals surface area (Å²) >= 11 is 0. The van der Waals surface area contributed by atoms with Gasteiger partial charge in [-0.3, -0.25) is 0 Å². The number of carbonyl (C=O) groups excluding carboxylic acids is 2. The summed E-state index contributed by atoms with van der Waals surface area (Å²) < 4.78 is 66.7. The van der Waals surface area contributed by atoms with Crippen LogP contribution in [0.4, 0.5) is 23.2 Å². The molecule has 10 heteroatoms. The first-order valence-electron chi connectivity index (χ1n) is 6.83. The quantitative estimate of drug-likeness (QED) is 0.385. The highest BCUT2D eigenvalue weighted by Crippen LogP contribution is 2.41. The fraction of sp³-hybridized carbons (Fsp3) is 0.333. The molecule has 6 nitrogen and oxygen atoms in total. The normalized spacial score (nSPS) is 16.8. The van der Waals surface area contributed by atoms with Crippen LogP contribution in [0.5, 0.6) is 5.75 Å². The third-order valence-corrected chi connectivity index (χ3v) is 3.05. The Morgan fingerprint density at radius 2 is 1.72 bits per heavy atom. The maximum absolute atomic E-state index is 13.5. The Morgan fingerprint density at radius 1 is 1.16 bits per heavy atom. The van der Waals surface area contributed by atoms with Crippen molar-refractivity contribution in [3.63, 3.8) is 0 Å². The maximum atomic E-state index is 13.5. The number of rotatable bonds is 3. The second-order valence-electron chi connectivity index (χ2n) is 5.41. The van der Waals surface area contributed by atoms with Crippen LogP contribution in [0, 0.1) is 5.82 Å². The van der Waals surface area contributed by atoms with Gasteiger partial charge in [0.2, 0.25) is 0 Å². The van der Waals surface area contributed by atoms with Crippen LogP contribution in [0.1, 0.15) is 19.4 Å². The van der Waals surface area contributed by atoms with Gasteiger partial charge in [-0.1, -0.05) is 0 Å². The molecule has 0 unspecified atom stereocenters. The number of hydrogen-bond acceptors (Lipinski definition) is 6. The van der Waals surface area contributed by atoms with Gasteiger partial charge in [0.1, 0.15) is 11.4 Å². The van der Waals surface area contributed by atoms with E-state index in [-0.39, 0.29) is 6.07 Å². The summed E-state index contributed by atoms with van der Waals surface area (Å²) in [6.07, 6.45) is -4.11. The fourth-order valence-electron chi connectivity index (χ4n) is 2.06. The summed E-state index contributed by atoms with van der Waals surface area (Å²) in [6.45, 7) is 2.66. The number of esters is 2. The number of cyclic esters (lactones) is 2. The van der Waals surface area contributed by atoms with Crippen molar-refractivity contribution in [3.05, 3.63) is 35.3 Å². The summed E-state index contributed by atoms with van der Waals surface area (Å²) in [5.74, 6) is -5.45. The molecule has 0 radical (unpaired) electrons. The smallest absolute Gasteiger partial charge is 0.420 e. The van der Waals surface area contributed by atoms with Crippen LogP contribution >= 0.6 is 0 Å². The van der Waals surface area contributed by atoms with Gasteiger partial charge in [-0.2, -0.15) is 13.2 Å². The molecule has 0 aliphatic carbocycles. The molecule has 0 atom stereocenters. The van der Waals surface area contributed by atoms with Crippen LogP contribution in [0.3, 0.4) is 0 Å².